The summed E-state index contributed by atoms with van der Waals surface area (Å²) in [4.78, 5) is 24.2. The van der Waals surface area contributed by atoms with Crippen LogP contribution in [0.5, 0.6) is 0 Å². The highest BCUT2D eigenvalue weighted by Crippen LogP contribution is 2.25. The molecule has 7 nitrogen and oxygen atoms in total. The van der Waals surface area contributed by atoms with E-state index in [1.54, 1.807) is 25.3 Å². The zero-order valence-electron chi connectivity index (χ0n) is 18.5. The molecule has 1 atom stereocenters. The van der Waals surface area contributed by atoms with Gasteiger partial charge in [0.15, 0.2) is 0 Å². The van der Waals surface area contributed by atoms with E-state index >= 15 is 0 Å². The van der Waals surface area contributed by atoms with Gasteiger partial charge in [0.25, 0.3) is 0 Å². The van der Waals surface area contributed by atoms with Gasteiger partial charge in [0, 0.05) is 36.7 Å². The van der Waals surface area contributed by atoms with Crippen molar-refractivity contribution < 1.29 is 14.3 Å². The Morgan fingerprint density at radius 1 is 1.16 bits per heavy atom. The SMILES string of the molecule is CCc1ccc(N(C)Cc2cnc(Nc3ccc(F)cc3)nc2N(C=O)C(C)CO)cc1. The van der Waals surface area contributed by atoms with Crippen molar-refractivity contribution in [3.63, 3.8) is 0 Å². The summed E-state index contributed by atoms with van der Waals surface area (Å²) in [5.41, 5.74) is 3.62. The van der Waals surface area contributed by atoms with Crippen molar-refractivity contribution in [2.24, 2.45) is 0 Å². The summed E-state index contributed by atoms with van der Waals surface area (Å²) in [6.45, 7) is 4.10. The average molecular weight is 438 g/mol. The monoisotopic (exact) mass is 437 g/mol. The van der Waals surface area contributed by atoms with Crippen LogP contribution in [-0.2, 0) is 17.8 Å². The number of hydrogen-bond acceptors (Lipinski definition) is 6. The summed E-state index contributed by atoms with van der Waals surface area (Å²) in [5, 5.41) is 12.6. The molecule has 0 aliphatic heterocycles. The third-order valence-corrected chi connectivity index (χ3v) is 5.23. The number of aliphatic hydroxyl groups is 1. The molecule has 0 bridgehead atoms. The second-order valence-corrected chi connectivity index (χ2v) is 7.59. The number of benzene rings is 2. The van der Waals surface area contributed by atoms with Gasteiger partial charge in [-0.3, -0.25) is 9.69 Å². The van der Waals surface area contributed by atoms with Crippen molar-refractivity contribution in [1.29, 1.82) is 0 Å². The second-order valence-electron chi connectivity index (χ2n) is 7.59. The Morgan fingerprint density at radius 3 is 2.44 bits per heavy atom. The lowest BCUT2D eigenvalue weighted by Gasteiger charge is -2.27. The van der Waals surface area contributed by atoms with Crippen molar-refractivity contribution >= 4 is 29.6 Å². The number of carbonyl (C=O) groups excluding carboxylic acids is 1. The van der Waals surface area contributed by atoms with Gasteiger partial charge in [-0.05, 0) is 55.3 Å². The maximum Gasteiger partial charge on any atom is 0.229 e. The van der Waals surface area contributed by atoms with Crippen LogP contribution in [0.2, 0.25) is 0 Å². The largest absolute Gasteiger partial charge is 0.394 e. The first-order valence-corrected chi connectivity index (χ1v) is 10.5. The van der Waals surface area contributed by atoms with Crippen LogP contribution < -0.4 is 15.1 Å². The fourth-order valence-corrected chi connectivity index (χ4v) is 3.24. The van der Waals surface area contributed by atoms with Gasteiger partial charge < -0.3 is 15.3 Å². The molecule has 0 saturated carbocycles. The topological polar surface area (TPSA) is 81.6 Å². The van der Waals surface area contributed by atoms with Crippen LogP contribution >= 0.6 is 0 Å². The molecule has 0 radical (unpaired) electrons. The highest BCUT2D eigenvalue weighted by Gasteiger charge is 2.20. The van der Waals surface area contributed by atoms with Gasteiger partial charge in [-0.1, -0.05) is 19.1 Å². The number of carbonyl (C=O) groups is 1. The molecule has 2 aromatic carbocycles. The number of hydrogen-bond donors (Lipinski definition) is 2. The van der Waals surface area contributed by atoms with E-state index < -0.39 is 6.04 Å². The minimum atomic E-state index is -0.464. The van der Waals surface area contributed by atoms with E-state index in [1.165, 1.54) is 22.6 Å². The van der Waals surface area contributed by atoms with Crippen LogP contribution in [0.3, 0.4) is 0 Å². The quantitative estimate of drug-likeness (QED) is 0.468. The molecule has 0 saturated heterocycles. The molecule has 168 valence electrons. The number of amides is 1. The molecule has 0 aliphatic rings. The van der Waals surface area contributed by atoms with Gasteiger partial charge in [-0.25, -0.2) is 9.37 Å². The van der Waals surface area contributed by atoms with Crippen molar-refractivity contribution in [1.82, 2.24) is 9.97 Å². The van der Waals surface area contributed by atoms with Gasteiger partial charge >= 0.3 is 0 Å². The molecular formula is C24H28FN5O2. The summed E-state index contributed by atoms with van der Waals surface area (Å²) in [5.74, 6) is 0.326. The maximum atomic E-state index is 13.2. The molecular weight excluding hydrogens is 409 g/mol. The Bertz CT molecular complexity index is 1030. The van der Waals surface area contributed by atoms with Crippen molar-refractivity contribution in [3.8, 4) is 0 Å². The first kappa shape index (κ1) is 23.1. The summed E-state index contributed by atoms with van der Waals surface area (Å²) in [6.07, 6.45) is 3.29. The third kappa shape index (κ3) is 5.59. The van der Waals surface area contributed by atoms with Gasteiger partial charge in [0.1, 0.15) is 11.6 Å². The van der Waals surface area contributed by atoms with Crippen molar-refractivity contribution in [2.45, 2.75) is 32.9 Å². The smallest absolute Gasteiger partial charge is 0.229 e. The number of anilines is 4. The standard InChI is InChI=1S/C24H28FN5O2/c1-4-18-5-11-22(12-6-18)29(3)14-19-13-26-24(27-21-9-7-20(25)8-10-21)28-23(19)30(16-32)17(2)15-31/h5-13,16-17,31H,4,14-15H2,1-3H3,(H,26,27,28). The molecule has 1 amide bonds. The number of nitrogens with zero attached hydrogens (tertiary/aromatic N) is 4. The number of rotatable bonds is 10. The first-order valence-electron chi connectivity index (χ1n) is 10.5. The van der Waals surface area contributed by atoms with Crippen LogP contribution in [0.25, 0.3) is 0 Å². The van der Waals surface area contributed by atoms with E-state index in [9.17, 15) is 14.3 Å². The molecule has 0 fully saturated rings. The van der Waals surface area contributed by atoms with Crippen molar-refractivity contribution in [2.75, 3.05) is 28.8 Å². The van der Waals surface area contributed by atoms with Crippen molar-refractivity contribution in [3.05, 3.63) is 71.7 Å². The molecule has 3 aromatic rings. The highest BCUT2D eigenvalue weighted by atomic mass is 19.1. The molecule has 2 N–H and O–H groups in total. The minimum absolute atomic E-state index is 0.211. The normalized spacial score (nSPS) is 11.7. The first-order chi connectivity index (χ1) is 15.4. The fourth-order valence-electron chi connectivity index (χ4n) is 3.24. The molecule has 1 aromatic heterocycles. The fraction of sp³-hybridized carbons (Fsp3) is 0.292. The van der Waals surface area contributed by atoms with Crippen LogP contribution in [0, 0.1) is 5.82 Å². The molecule has 1 unspecified atom stereocenters. The number of aliphatic hydroxyl groups excluding tert-OH is 1. The Hall–Kier alpha value is -3.52. The number of halogens is 1. The lowest BCUT2D eigenvalue weighted by Crippen LogP contribution is -2.36. The number of aromatic nitrogens is 2. The predicted molar refractivity (Wildman–Crippen MR) is 125 cm³/mol. The van der Waals surface area contributed by atoms with Gasteiger partial charge in [0.2, 0.25) is 12.4 Å². The predicted octanol–water partition coefficient (Wildman–Crippen LogP) is 3.90. The van der Waals surface area contributed by atoms with E-state index in [1.807, 2.05) is 11.9 Å². The maximum absolute atomic E-state index is 13.2. The number of nitrogens with one attached hydrogen (secondary N) is 1. The second kappa shape index (κ2) is 10.7. The Morgan fingerprint density at radius 2 is 1.84 bits per heavy atom. The van der Waals surface area contributed by atoms with Crippen LogP contribution in [-0.4, -0.2) is 41.2 Å². The van der Waals surface area contributed by atoms with E-state index in [0.29, 0.717) is 24.5 Å². The van der Waals surface area contributed by atoms with E-state index in [2.05, 4.69) is 46.5 Å². The molecule has 32 heavy (non-hydrogen) atoms. The summed E-state index contributed by atoms with van der Waals surface area (Å²) in [7, 11) is 1.95. The molecule has 1 heterocycles. The summed E-state index contributed by atoms with van der Waals surface area (Å²) < 4.78 is 13.2. The molecule has 3 rings (SSSR count). The van der Waals surface area contributed by atoms with Gasteiger partial charge in [-0.15, -0.1) is 0 Å². The van der Waals surface area contributed by atoms with E-state index in [4.69, 9.17) is 0 Å². The van der Waals surface area contributed by atoms with E-state index in [0.717, 1.165) is 17.7 Å². The Kier molecular flexibility index (Phi) is 7.72. The van der Waals surface area contributed by atoms with E-state index in [-0.39, 0.29) is 18.4 Å². The van der Waals surface area contributed by atoms with Gasteiger partial charge in [0.05, 0.1) is 12.6 Å². The lowest BCUT2D eigenvalue weighted by atomic mass is 10.1. The molecule has 0 aliphatic carbocycles. The molecule has 0 spiro atoms. The third-order valence-electron chi connectivity index (χ3n) is 5.23. The highest BCUT2D eigenvalue weighted by molar-refractivity contribution is 5.76. The lowest BCUT2D eigenvalue weighted by molar-refractivity contribution is -0.108. The molecule has 8 heteroatoms. The summed E-state index contributed by atoms with van der Waals surface area (Å²) in [6, 6.07) is 13.6. The minimum Gasteiger partial charge on any atom is -0.394 e. The van der Waals surface area contributed by atoms with Crippen LogP contribution in [0.1, 0.15) is 25.0 Å². The summed E-state index contributed by atoms with van der Waals surface area (Å²) >= 11 is 0. The van der Waals surface area contributed by atoms with Gasteiger partial charge in [-0.2, -0.15) is 4.98 Å². The Labute approximate surface area is 187 Å². The zero-order chi connectivity index (χ0) is 23.1. The zero-order valence-corrected chi connectivity index (χ0v) is 18.5. The van der Waals surface area contributed by atoms with Crippen LogP contribution in [0.15, 0.2) is 54.7 Å². The average Bonchev–Trinajstić information content (AvgIpc) is 2.82. The number of aryl methyl sites for hydroxylation is 1. The van der Waals surface area contributed by atoms with Crippen LogP contribution in [0.4, 0.5) is 27.5 Å². The Balaban J connectivity index is 1.92.